The fraction of sp³-hybridized carbons (Fsp3) is 0.200. The lowest BCUT2D eigenvalue weighted by molar-refractivity contribution is 0.0600. The Bertz CT molecular complexity index is 488. The van der Waals surface area contributed by atoms with Gasteiger partial charge in [-0.15, -0.1) is 0 Å². The average molecular weight is 190 g/mol. The summed E-state index contributed by atoms with van der Waals surface area (Å²) in [6.45, 7) is 1.86. The van der Waals surface area contributed by atoms with E-state index in [-0.39, 0.29) is 5.97 Å². The van der Waals surface area contributed by atoms with Gasteiger partial charge in [-0.25, -0.2) is 9.78 Å². The number of fused-ring (bicyclic) bond motifs is 1. The first-order valence-electron chi connectivity index (χ1n) is 4.24. The molecule has 0 bridgehead atoms. The zero-order chi connectivity index (χ0) is 10.1. The number of carbonyl (C=O) groups is 1. The molecule has 0 aliphatic rings. The summed E-state index contributed by atoms with van der Waals surface area (Å²) in [4.78, 5) is 15.5. The number of rotatable bonds is 1. The number of imidazole rings is 1. The van der Waals surface area contributed by atoms with Crippen LogP contribution in [0.1, 0.15) is 15.9 Å². The molecule has 2 aromatic heterocycles. The third-order valence-electron chi connectivity index (χ3n) is 2.22. The molecule has 0 aromatic carbocycles. The van der Waals surface area contributed by atoms with Gasteiger partial charge in [-0.2, -0.15) is 0 Å². The Balaban J connectivity index is 2.67. The lowest BCUT2D eigenvalue weighted by Crippen LogP contribution is -2.05. The van der Waals surface area contributed by atoms with Crippen LogP contribution in [-0.2, 0) is 4.74 Å². The molecule has 0 saturated heterocycles. The molecule has 0 aliphatic heterocycles. The second-order valence-electron chi connectivity index (χ2n) is 3.00. The molecule has 0 radical (unpaired) electrons. The van der Waals surface area contributed by atoms with Crippen LogP contribution in [0.4, 0.5) is 0 Å². The van der Waals surface area contributed by atoms with Gasteiger partial charge in [-0.3, -0.25) is 0 Å². The Labute approximate surface area is 81.1 Å². The van der Waals surface area contributed by atoms with Crippen LogP contribution in [0.25, 0.3) is 5.65 Å². The highest BCUT2D eigenvalue weighted by Crippen LogP contribution is 2.14. The van der Waals surface area contributed by atoms with Crippen molar-refractivity contribution in [2.45, 2.75) is 6.92 Å². The molecule has 0 aliphatic carbocycles. The molecular weight excluding hydrogens is 180 g/mol. The van der Waals surface area contributed by atoms with Crippen molar-refractivity contribution in [1.82, 2.24) is 9.38 Å². The highest BCUT2D eigenvalue weighted by atomic mass is 16.5. The summed E-state index contributed by atoms with van der Waals surface area (Å²) < 4.78 is 6.53. The van der Waals surface area contributed by atoms with E-state index >= 15 is 0 Å². The molecule has 0 fully saturated rings. The number of nitrogens with zero attached hydrogens (tertiary/aromatic N) is 2. The van der Waals surface area contributed by atoms with Crippen LogP contribution in [-0.4, -0.2) is 22.5 Å². The molecule has 2 heterocycles. The summed E-state index contributed by atoms with van der Waals surface area (Å²) in [5, 5.41) is 0. The zero-order valence-electron chi connectivity index (χ0n) is 8.02. The summed E-state index contributed by atoms with van der Waals surface area (Å²) in [7, 11) is 1.37. The Hall–Kier alpha value is -1.84. The Morgan fingerprint density at radius 3 is 3.00 bits per heavy atom. The predicted molar refractivity (Wildman–Crippen MR) is 51.3 cm³/mol. The minimum absolute atomic E-state index is 0.326. The summed E-state index contributed by atoms with van der Waals surface area (Å²) in [6, 6.07) is 1.73. The van der Waals surface area contributed by atoms with E-state index in [1.807, 2.05) is 17.5 Å². The normalized spacial score (nSPS) is 10.4. The predicted octanol–water partition coefficient (Wildman–Crippen LogP) is 1.43. The monoisotopic (exact) mass is 190 g/mol. The van der Waals surface area contributed by atoms with Gasteiger partial charge >= 0.3 is 5.97 Å². The van der Waals surface area contributed by atoms with Crippen LogP contribution in [0.5, 0.6) is 0 Å². The molecule has 0 spiro atoms. The van der Waals surface area contributed by atoms with Gasteiger partial charge in [0.05, 0.1) is 12.7 Å². The van der Waals surface area contributed by atoms with Crippen LogP contribution in [0.2, 0.25) is 0 Å². The molecule has 0 saturated carbocycles. The van der Waals surface area contributed by atoms with E-state index in [1.54, 1.807) is 18.5 Å². The fourth-order valence-electron chi connectivity index (χ4n) is 1.46. The first kappa shape index (κ1) is 8.74. The SMILES string of the molecule is COC(=O)c1ccn2ccnc2c1C. The van der Waals surface area contributed by atoms with Crippen molar-refractivity contribution < 1.29 is 9.53 Å². The van der Waals surface area contributed by atoms with Gasteiger partial charge in [0.25, 0.3) is 0 Å². The summed E-state index contributed by atoms with van der Waals surface area (Å²) in [5.41, 5.74) is 2.18. The second-order valence-corrected chi connectivity index (χ2v) is 3.00. The first-order valence-corrected chi connectivity index (χ1v) is 4.24. The standard InChI is InChI=1S/C10H10N2O2/c1-7-8(10(13)14-2)3-5-12-6-4-11-9(7)12/h3-6H,1-2H3. The van der Waals surface area contributed by atoms with Crippen LogP contribution >= 0.6 is 0 Å². The fourth-order valence-corrected chi connectivity index (χ4v) is 1.46. The van der Waals surface area contributed by atoms with E-state index in [0.29, 0.717) is 5.56 Å². The number of aromatic nitrogens is 2. The molecule has 14 heavy (non-hydrogen) atoms. The number of esters is 1. The van der Waals surface area contributed by atoms with Gasteiger partial charge in [0.1, 0.15) is 5.65 Å². The third-order valence-corrected chi connectivity index (χ3v) is 2.22. The van der Waals surface area contributed by atoms with Crippen molar-refractivity contribution in [2.24, 2.45) is 0 Å². The molecule has 2 aromatic rings. The molecule has 4 heteroatoms. The highest BCUT2D eigenvalue weighted by Gasteiger charge is 2.11. The molecule has 2 rings (SSSR count). The van der Waals surface area contributed by atoms with Crippen molar-refractivity contribution >= 4 is 11.6 Å². The van der Waals surface area contributed by atoms with Crippen molar-refractivity contribution in [1.29, 1.82) is 0 Å². The van der Waals surface area contributed by atoms with Crippen molar-refractivity contribution in [3.63, 3.8) is 0 Å². The quantitative estimate of drug-likeness (QED) is 0.639. The maximum Gasteiger partial charge on any atom is 0.338 e. The van der Waals surface area contributed by atoms with Gasteiger partial charge in [-0.1, -0.05) is 0 Å². The second kappa shape index (κ2) is 3.14. The smallest absolute Gasteiger partial charge is 0.338 e. The Kier molecular flexibility index (Phi) is 1.96. The van der Waals surface area contributed by atoms with Gasteiger partial charge in [-0.05, 0) is 13.0 Å². The average Bonchev–Trinajstić information content (AvgIpc) is 2.66. The summed E-state index contributed by atoms with van der Waals surface area (Å²) >= 11 is 0. The molecule has 0 unspecified atom stereocenters. The first-order chi connectivity index (χ1) is 6.74. The maximum atomic E-state index is 11.3. The van der Waals surface area contributed by atoms with Crippen molar-refractivity contribution in [2.75, 3.05) is 7.11 Å². The van der Waals surface area contributed by atoms with E-state index in [9.17, 15) is 4.79 Å². The summed E-state index contributed by atoms with van der Waals surface area (Å²) in [5.74, 6) is -0.326. The zero-order valence-corrected chi connectivity index (χ0v) is 8.02. The number of aryl methyl sites for hydroxylation is 1. The lowest BCUT2D eigenvalue weighted by Gasteiger charge is -2.04. The van der Waals surface area contributed by atoms with Crippen molar-refractivity contribution in [3.05, 3.63) is 35.8 Å². The van der Waals surface area contributed by atoms with Gasteiger partial charge in [0, 0.05) is 24.2 Å². The van der Waals surface area contributed by atoms with E-state index in [4.69, 9.17) is 0 Å². The number of pyridine rings is 1. The molecule has 72 valence electrons. The van der Waals surface area contributed by atoms with E-state index < -0.39 is 0 Å². The molecular formula is C10H10N2O2. The van der Waals surface area contributed by atoms with E-state index in [0.717, 1.165) is 11.2 Å². The van der Waals surface area contributed by atoms with E-state index in [2.05, 4.69) is 9.72 Å². The lowest BCUT2D eigenvalue weighted by atomic mass is 10.1. The largest absolute Gasteiger partial charge is 0.465 e. The van der Waals surface area contributed by atoms with Crippen molar-refractivity contribution in [3.8, 4) is 0 Å². The van der Waals surface area contributed by atoms with Crippen LogP contribution < -0.4 is 0 Å². The van der Waals surface area contributed by atoms with Crippen LogP contribution in [0, 0.1) is 6.92 Å². The number of hydrogen-bond donors (Lipinski definition) is 0. The number of ether oxygens (including phenoxy) is 1. The van der Waals surface area contributed by atoms with Gasteiger partial charge < -0.3 is 9.14 Å². The van der Waals surface area contributed by atoms with E-state index in [1.165, 1.54) is 7.11 Å². The number of hydrogen-bond acceptors (Lipinski definition) is 3. The maximum absolute atomic E-state index is 11.3. The van der Waals surface area contributed by atoms with Gasteiger partial charge in [0.2, 0.25) is 0 Å². The third kappa shape index (κ3) is 1.16. The topological polar surface area (TPSA) is 43.6 Å². The number of carbonyl (C=O) groups excluding carboxylic acids is 1. The van der Waals surface area contributed by atoms with Crippen LogP contribution in [0.3, 0.4) is 0 Å². The molecule has 0 amide bonds. The Morgan fingerprint density at radius 2 is 2.29 bits per heavy atom. The molecule has 0 atom stereocenters. The highest BCUT2D eigenvalue weighted by molar-refractivity contribution is 5.92. The molecule has 0 N–H and O–H groups in total. The minimum Gasteiger partial charge on any atom is -0.465 e. The Morgan fingerprint density at radius 1 is 1.50 bits per heavy atom. The minimum atomic E-state index is -0.326. The van der Waals surface area contributed by atoms with Gasteiger partial charge in [0.15, 0.2) is 0 Å². The number of methoxy groups -OCH3 is 1. The summed E-state index contributed by atoms with van der Waals surface area (Å²) in [6.07, 6.45) is 5.33. The van der Waals surface area contributed by atoms with Crippen LogP contribution in [0.15, 0.2) is 24.7 Å². The molecule has 4 nitrogen and oxygen atoms in total.